The largest absolute Gasteiger partial charge is 0.544 e. The predicted molar refractivity (Wildman–Crippen MR) is 66.5 cm³/mol. The summed E-state index contributed by atoms with van der Waals surface area (Å²) in [4.78, 5) is 11.1. The molecule has 1 heterocycles. The van der Waals surface area contributed by atoms with Gasteiger partial charge in [0.15, 0.2) is 0 Å². The minimum Gasteiger partial charge on any atom is -0.544 e. The monoisotopic (exact) mass is 234 g/mol. The Hall–Kier alpha value is -1.55. The van der Waals surface area contributed by atoms with Crippen LogP contribution < -0.4 is 10.1 Å². The van der Waals surface area contributed by atoms with Crippen LogP contribution in [0.5, 0.6) is 5.75 Å². The molecule has 0 aliphatic rings. The molecule has 0 saturated carbocycles. The Kier molecular flexibility index (Phi) is 2.59. The highest BCUT2D eigenvalue weighted by molar-refractivity contribution is 6.70. The van der Waals surface area contributed by atoms with E-state index in [1.54, 1.807) is 12.1 Å². The van der Waals surface area contributed by atoms with Crippen LogP contribution in [-0.2, 0) is 0 Å². The van der Waals surface area contributed by atoms with E-state index in [1.807, 2.05) is 12.1 Å². The molecule has 1 aromatic heterocycles. The van der Waals surface area contributed by atoms with Gasteiger partial charge >= 0.3 is 5.63 Å². The third kappa shape index (κ3) is 2.52. The van der Waals surface area contributed by atoms with Crippen molar-refractivity contribution in [2.75, 3.05) is 0 Å². The number of fused-ring (bicyclic) bond motifs is 1. The van der Waals surface area contributed by atoms with E-state index in [0.29, 0.717) is 5.58 Å². The molecule has 0 spiro atoms. The third-order valence-electron chi connectivity index (χ3n) is 2.02. The van der Waals surface area contributed by atoms with Gasteiger partial charge in [0.2, 0.25) is 8.32 Å². The highest BCUT2D eigenvalue weighted by Crippen LogP contribution is 2.21. The van der Waals surface area contributed by atoms with E-state index in [1.165, 1.54) is 6.07 Å². The molecule has 2 aromatic rings. The lowest BCUT2D eigenvalue weighted by Crippen LogP contribution is -2.29. The van der Waals surface area contributed by atoms with Gasteiger partial charge in [-0.3, -0.25) is 0 Å². The highest BCUT2D eigenvalue weighted by Gasteiger charge is 2.16. The van der Waals surface area contributed by atoms with E-state index in [0.717, 1.165) is 11.1 Å². The number of rotatable bonds is 2. The topological polar surface area (TPSA) is 39.4 Å². The van der Waals surface area contributed by atoms with Gasteiger partial charge in [-0.25, -0.2) is 4.79 Å². The van der Waals surface area contributed by atoms with Crippen LogP contribution in [0.1, 0.15) is 0 Å². The zero-order chi connectivity index (χ0) is 11.8. The minimum absolute atomic E-state index is 0.336. The average Bonchev–Trinajstić information content (AvgIpc) is 2.14. The van der Waals surface area contributed by atoms with Gasteiger partial charge in [0, 0.05) is 17.5 Å². The molecule has 1 aromatic carbocycles. The first kappa shape index (κ1) is 10.9. The van der Waals surface area contributed by atoms with E-state index < -0.39 is 8.32 Å². The Morgan fingerprint density at radius 3 is 2.50 bits per heavy atom. The summed E-state index contributed by atoms with van der Waals surface area (Å²) < 4.78 is 10.9. The first-order valence-corrected chi connectivity index (χ1v) is 8.58. The van der Waals surface area contributed by atoms with Crippen molar-refractivity contribution < 1.29 is 8.84 Å². The highest BCUT2D eigenvalue weighted by atomic mass is 28.4. The summed E-state index contributed by atoms with van der Waals surface area (Å²) in [5.74, 6) is 0.765. The fraction of sp³-hybridized carbons (Fsp3) is 0.250. The first-order chi connectivity index (χ1) is 7.44. The van der Waals surface area contributed by atoms with Gasteiger partial charge in [0.05, 0.1) is 0 Å². The van der Waals surface area contributed by atoms with Crippen LogP contribution in [-0.4, -0.2) is 8.32 Å². The number of hydrogen-bond donors (Lipinski definition) is 0. The summed E-state index contributed by atoms with van der Waals surface area (Å²) in [6.07, 6.45) is 0. The Labute approximate surface area is 94.8 Å². The normalized spacial score (nSPS) is 11.7. The molecular weight excluding hydrogens is 220 g/mol. The quantitative estimate of drug-likeness (QED) is 0.592. The third-order valence-corrected chi connectivity index (χ3v) is 2.87. The molecule has 0 unspecified atom stereocenters. The van der Waals surface area contributed by atoms with Crippen LogP contribution in [0.25, 0.3) is 11.0 Å². The van der Waals surface area contributed by atoms with E-state index in [2.05, 4.69) is 19.6 Å². The van der Waals surface area contributed by atoms with Gasteiger partial charge in [-0.1, -0.05) is 0 Å². The summed E-state index contributed by atoms with van der Waals surface area (Å²) in [5.41, 5.74) is 0.237. The summed E-state index contributed by atoms with van der Waals surface area (Å²) in [6, 6.07) is 8.74. The zero-order valence-electron chi connectivity index (χ0n) is 9.61. The van der Waals surface area contributed by atoms with Crippen molar-refractivity contribution in [1.29, 1.82) is 0 Å². The lowest BCUT2D eigenvalue weighted by molar-refractivity contribution is 0.542. The van der Waals surface area contributed by atoms with Crippen LogP contribution in [0.15, 0.2) is 39.5 Å². The summed E-state index contributed by atoms with van der Waals surface area (Å²) >= 11 is 0. The SMILES string of the molecule is C[Si](C)(C)Oc1ccc2ccc(=O)oc2c1. The second-order valence-electron chi connectivity index (χ2n) is 4.67. The number of benzene rings is 1. The van der Waals surface area contributed by atoms with Gasteiger partial charge in [-0.05, 0) is 37.8 Å². The van der Waals surface area contributed by atoms with Crippen LogP contribution in [0.2, 0.25) is 19.6 Å². The lowest BCUT2D eigenvalue weighted by Gasteiger charge is -2.18. The molecule has 0 atom stereocenters. The molecule has 0 radical (unpaired) electrons. The molecule has 0 amide bonds. The Morgan fingerprint density at radius 2 is 1.81 bits per heavy atom. The van der Waals surface area contributed by atoms with Crippen LogP contribution in [0.3, 0.4) is 0 Å². The maximum Gasteiger partial charge on any atom is 0.336 e. The molecule has 3 nitrogen and oxygen atoms in total. The Morgan fingerprint density at radius 1 is 1.12 bits per heavy atom. The fourth-order valence-corrected chi connectivity index (χ4v) is 2.29. The molecule has 0 N–H and O–H groups in total. The van der Waals surface area contributed by atoms with E-state index >= 15 is 0 Å². The predicted octanol–water partition coefficient (Wildman–Crippen LogP) is 3.01. The molecule has 0 fully saturated rings. The Balaban J connectivity index is 2.47. The minimum atomic E-state index is -1.62. The van der Waals surface area contributed by atoms with Crippen molar-refractivity contribution in [1.82, 2.24) is 0 Å². The van der Waals surface area contributed by atoms with Crippen LogP contribution in [0, 0.1) is 0 Å². The maximum absolute atomic E-state index is 11.1. The van der Waals surface area contributed by atoms with Gasteiger partial charge in [0.1, 0.15) is 11.3 Å². The smallest absolute Gasteiger partial charge is 0.336 e. The van der Waals surface area contributed by atoms with Crippen molar-refractivity contribution in [2.24, 2.45) is 0 Å². The molecule has 2 rings (SSSR count). The first-order valence-electron chi connectivity index (χ1n) is 5.17. The van der Waals surface area contributed by atoms with E-state index in [4.69, 9.17) is 8.84 Å². The Bertz CT molecular complexity index is 566. The summed E-state index contributed by atoms with van der Waals surface area (Å²) in [5, 5.41) is 0.905. The van der Waals surface area contributed by atoms with Crippen LogP contribution >= 0.6 is 0 Å². The van der Waals surface area contributed by atoms with Crippen molar-refractivity contribution in [3.05, 3.63) is 40.8 Å². The molecule has 0 aliphatic carbocycles. The summed E-state index contributed by atoms with van der Waals surface area (Å²) in [6.45, 7) is 6.33. The van der Waals surface area contributed by atoms with Crippen LogP contribution in [0.4, 0.5) is 0 Å². The maximum atomic E-state index is 11.1. The van der Waals surface area contributed by atoms with E-state index in [-0.39, 0.29) is 5.63 Å². The second kappa shape index (κ2) is 3.79. The molecule has 4 heteroatoms. The lowest BCUT2D eigenvalue weighted by atomic mass is 10.2. The van der Waals surface area contributed by atoms with Crippen molar-refractivity contribution in [2.45, 2.75) is 19.6 Å². The molecule has 16 heavy (non-hydrogen) atoms. The average molecular weight is 234 g/mol. The number of hydrogen-bond acceptors (Lipinski definition) is 3. The van der Waals surface area contributed by atoms with Gasteiger partial charge in [-0.2, -0.15) is 0 Å². The van der Waals surface area contributed by atoms with Crippen molar-refractivity contribution >= 4 is 19.3 Å². The molecular formula is C12H14O3Si. The second-order valence-corrected chi connectivity index (χ2v) is 9.10. The zero-order valence-corrected chi connectivity index (χ0v) is 10.6. The van der Waals surface area contributed by atoms with Gasteiger partial charge in [0.25, 0.3) is 0 Å². The van der Waals surface area contributed by atoms with Gasteiger partial charge < -0.3 is 8.84 Å². The molecule has 0 saturated heterocycles. The summed E-state index contributed by atoms with van der Waals surface area (Å²) in [7, 11) is -1.62. The standard InChI is InChI=1S/C12H14O3Si/c1-16(2,3)15-10-6-4-9-5-7-12(13)14-11(9)8-10/h4-8H,1-3H3. The van der Waals surface area contributed by atoms with E-state index in [9.17, 15) is 4.79 Å². The molecule has 84 valence electrons. The van der Waals surface area contributed by atoms with Gasteiger partial charge in [-0.15, -0.1) is 0 Å². The molecule has 0 bridgehead atoms. The molecule has 0 aliphatic heterocycles. The fourth-order valence-electron chi connectivity index (χ4n) is 1.46. The van der Waals surface area contributed by atoms with Crippen molar-refractivity contribution in [3.63, 3.8) is 0 Å². The van der Waals surface area contributed by atoms with Crippen molar-refractivity contribution in [3.8, 4) is 5.75 Å².